The summed E-state index contributed by atoms with van der Waals surface area (Å²) in [6.45, 7) is 0.0865. The second kappa shape index (κ2) is 10.8. The number of amides is 1. The molecule has 2 aromatic carbocycles. The van der Waals surface area contributed by atoms with Crippen LogP contribution < -0.4 is 4.90 Å². The van der Waals surface area contributed by atoms with Gasteiger partial charge in [0.25, 0.3) is 5.91 Å². The van der Waals surface area contributed by atoms with E-state index < -0.39 is 11.9 Å². The molecule has 7 nitrogen and oxygen atoms in total. The van der Waals surface area contributed by atoms with Crippen LogP contribution in [0.15, 0.2) is 54.6 Å². The predicted octanol–water partition coefficient (Wildman–Crippen LogP) is 2.75. The van der Waals surface area contributed by atoms with Crippen LogP contribution in [0.25, 0.3) is 6.08 Å². The van der Waals surface area contributed by atoms with Crippen molar-refractivity contribution in [1.29, 1.82) is 0 Å². The van der Waals surface area contributed by atoms with Gasteiger partial charge < -0.3 is 19.3 Å². The fourth-order valence-electron chi connectivity index (χ4n) is 2.57. The van der Waals surface area contributed by atoms with E-state index in [1.165, 1.54) is 18.1 Å². The van der Waals surface area contributed by atoms with E-state index in [-0.39, 0.29) is 12.5 Å². The highest BCUT2D eigenvalue weighted by Gasteiger charge is 2.12. The summed E-state index contributed by atoms with van der Waals surface area (Å²) < 4.78 is 9.65. The Balaban J connectivity index is 1.80. The number of hydrogen-bond acceptors (Lipinski definition) is 6. The molecule has 0 saturated carbocycles. The number of hydrogen-bond donors (Lipinski definition) is 0. The summed E-state index contributed by atoms with van der Waals surface area (Å²) in [7, 11) is 6.90. The zero-order chi connectivity index (χ0) is 22.1. The zero-order valence-corrected chi connectivity index (χ0v) is 17.6. The van der Waals surface area contributed by atoms with Crippen molar-refractivity contribution in [2.75, 3.05) is 39.8 Å². The van der Waals surface area contributed by atoms with E-state index in [1.807, 2.05) is 43.3 Å². The number of esters is 2. The molecule has 7 heteroatoms. The van der Waals surface area contributed by atoms with Crippen molar-refractivity contribution in [3.8, 4) is 0 Å². The average molecular weight is 410 g/mol. The van der Waals surface area contributed by atoms with Gasteiger partial charge in [0.1, 0.15) is 0 Å². The van der Waals surface area contributed by atoms with Crippen LogP contribution in [0.2, 0.25) is 0 Å². The number of rotatable bonds is 8. The maximum absolute atomic E-state index is 12.2. The van der Waals surface area contributed by atoms with Crippen LogP contribution in [0.3, 0.4) is 0 Å². The molecule has 0 aromatic heterocycles. The molecule has 0 saturated heterocycles. The first-order valence-corrected chi connectivity index (χ1v) is 9.33. The van der Waals surface area contributed by atoms with E-state index in [0.717, 1.165) is 11.3 Å². The summed E-state index contributed by atoms with van der Waals surface area (Å²) in [4.78, 5) is 39.0. The standard InChI is InChI=1S/C23H26N2O5/c1-24(2)20-12-7-18(8-13-20)15-25(3)21(26)16-30-22(27)14-9-17-5-10-19(11-6-17)23(28)29-4/h5-14H,15-16H2,1-4H3/b14-9+. The smallest absolute Gasteiger partial charge is 0.337 e. The van der Waals surface area contributed by atoms with Crippen molar-refractivity contribution in [1.82, 2.24) is 4.90 Å². The normalized spacial score (nSPS) is 10.5. The van der Waals surface area contributed by atoms with Crippen LogP contribution in [0, 0.1) is 0 Å². The minimum Gasteiger partial charge on any atom is -0.465 e. The lowest BCUT2D eigenvalue weighted by Gasteiger charge is -2.18. The summed E-state index contributed by atoms with van der Waals surface area (Å²) >= 11 is 0. The minimum absolute atomic E-state index is 0.295. The van der Waals surface area contributed by atoms with Crippen molar-refractivity contribution in [3.63, 3.8) is 0 Å². The van der Waals surface area contributed by atoms with Crippen LogP contribution in [0.4, 0.5) is 5.69 Å². The van der Waals surface area contributed by atoms with E-state index in [2.05, 4.69) is 4.74 Å². The molecule has 2 rings (SSSR count). The molecule has 0 unspecified atom stereocenters. The third-order valence-corrected chi connectivity index (χ3v) is 4.38. The van der Waals surface area contributed by atoms with E-state index in [0.29, 0.717) is 17.7 Å². The van der Waals surface area contributed by atoms with Gasteiger partial charge in [-0.2, -0.15) is 0 Å². The Morgan fingerprint density at radius 2 is 1.57 bits per heavy atom. The molecule has 30 heavy (non-hydrogen) atoms. The number of nitrogens with zero attached hydrogens (tertiary/aromatic N) is 2. The van der Waals surface area contributed by atoms with Gasteiger partial charge in [0.2, 0.25) is 0 Å². The summed E-state index contributed by atoms with van der Waals surface area (Å²) in [5, 5.41) is 0. The van der Waals surface area contributed by atoms with E-state index in [4.69, 9.17) is 4.74 Å². The molecule has 0 bridgehead atoms. The Kier molecular flexibility index (Phi) is 8.17. The van der Waals surface area contributed by atoms with Gasteiger partial charge in [0.05, 0.1) is 12.7 Å². The molecule has 0 aliphatic rings. The molecule has 158 valence electrons. The molecule has 0 aliphatic heterocycles. The second-order valence-electron chi connectivity index (χ2n) is 6.87. The van der Waals surface area contributed by atoms with Crippen molar-refractivity contribution in [2.24, 2.45) is 0 Å². The van der Waals surface area contributed by atoms with E-state index in [1.54, 1.807) is 37.4 Å². The van der Waals surface area contributed by atoms with Crippen molar-refractivity contribution >= 4 is 29.6 Å². The van der Waals surface area contributed by atoms with E-state index in [9.17, 15) is 14.4 Å². The fraction of sp³-hybridized carbons (Fsp3) is 0.261. The molecule has 0 spiro atoms. The Morgan fingerprint density at radius 3 is 2.13 bits per heavy atom. The Labute approximate surface area is 176 Å². The molecule has 0 fully saturated rings. The molecule has 0 heterocycles. The van der Waals surface area contributed by atoms with Crippen LogP contribution in [-0.4, -0.2) is 57.6 Å². The topological polar surface area (TPSA) is 76.2 Å². The van der Waals surface area contributed by atoms with Gasteiger partial charge >= 0.3 is 11.9 Å². The maximum atomic E-state index is 12.2. The van der Waals surface area contributed by atoms with Crippen LogP contribution in [0.1, 0.15) is 21.5 Å². The highest BCUT2D eigenvalue weighted by Crippen LogP contribution is 2.13. The minimum atomic E-state index is -0.621. The van der Waals surface area contributed by atoms with Crippen molar-refractivity contribution in [3.05, 3.63) is 71.3 Å². The number of methoxy groups -OCH3 is 1. The Hall–Kier alpha value is -3.61. The number of carbonyl (C=O) groups is 3. The van der Waals surface area contributed by atoms with Gasteiger partial charge in [0, 0.05) is 39.5 Å². The largest absolute Gasteiger partial charge is 0.465 e. The third kappa shape index (κ3) is 6.77. The summed E-state index contributed by atoms with van der Waals surface area (Å²) in [6, 6.07) is 14.4. The third-order valence-electron chi connectivity index (χ3n) is 4.38. The highest BCUT2D eigenvalue weighted by molar-refractivity contribution is 5.91. The highest BCUT2D eigenvalue weighted by atomic mass is 16.5. The Bertz CT molecular complexity index is 902. The molecule has 1 amide bonds. The van der Waals surface area contributed by atoms with Gasteiger partial charge in [-0.05, 0) is 41.5 Å². The second-order valence-corrected chi connectivity index (χ2v) is 6.87. The van der Waals surface area contributed by atoms with Crippen LogP contribution in [0.5, 0.6) is 0 Å². The average Bonchev–Trinajstić information content (AvgIpc) is 2.76. The summed E-state index contributed by atoms with van der Waals surface area (Å²) in [6.07, 6.45) is 2.78. The van der Waals surface area contributed by atoms with Gasteiger partial charge in [0.15, 0.2) is 6.61 Å². The van der Waals surface area contributed by atoms with Crippen LogP contribution >= 0.6 is 0 Å². The molecular weight excluding hydrogens is 384 g/mol. The number of anilines is 1. The first kappa shape index (κ1) is 22.7. The molecule has 0 aliphatic carbocycles. The van der Waals surface area contributed by atoms with E-state index >= 15 is 0 Å². The predicted molar refractivity (Wildman–Crippen MR) is 115 cm³/mol. The lowest BCUT2D eigenvalue weighted by molar-refractivity contribution is -0.147. The number of benzene rings is 2. The van der Waals surface area contributed by atoms with Gasteiger partial charge in [-0.3, -0.25) is 4.79 Å². The maximum Gasteiger partial charge on any atom is 0.337 e. The number of carbonyl (C=O) groups excluding carboxylic acids is 3. The molecular formula is C23H26N2O5. The SMILES string of the molecule is COC(=O)c1ccc(/C=C/C(=O)OCC(=O)N(C)Cc2ccc(N(C)C)cc2)cc1. The lowest BCUT2D eigenvalue weighted by atomic mass is 10.1. The lowest BCUT2D eigenvalue weighted by Crippen LogP contribution is -2.30. The first-order valence-electron chi connectivity index (χ1n) is 9.33. The first-order chi connectivity index (χ1) is 14.3. The van der Waals surface area contributed by atoms with Crippen molar-refractivity contribution in [2.45, 2.75) is 6.54 Å². The van der Waals surface area contributed by atoms with Gasteiger partial charge in [-0.25, -0.2) is 9.59 Å². The number of ether oxygens (including phenoxy) is 2. The monoisotopic (exact) mass is 410 g/mol. The Morgan fingerprint density at radius 1 is 0.933 bits per heavy atom. The van der Waals surface area contributed by atoms with Gasteiger partial charge in [-0.1, -0.05) is 24.3 Å². The fourth-order valence-corrected chi connectivity index (χ4v) is 2.57. The van der Waals surface area contributed by atoms with Crippen LogP contribution in [-0.2, 0) is 25.6 Å². The molecule has 0 radical (unpaired) electrons. The van der Waals surface area contributed by atoms with Gasteiger partial charge in [-0.15, -0.1) is 0 Å². The molecule has 2 aromatic rings. The summed E-state index contributed by atoms with van der Waals surface area (Å²) in [5.41, 5.74) is 3.19. The molecule has 0 atom stereocenters. The number of likely N-dealkylation sites (N-methyl/N-ethyl adjacent to an activating group) is 1. The van der Waals surface area contributed by atoms with Crippen molar-refractivity contribution < 1.29 is 23.9 Å². The zero-order valence-electron chi connectivity index (χ0n) is 17.6. The summed E-state index contributed by atoms with van der Waals surface area (Å²) in [5.74, 6) is -1.35. The molecule has 0 N–H and O–H groups in total. The quantitative estimate of drug-likeness (QED) is 0.492.